The van der Waals surface area contributed by atoms with Gasteiger partial charge < -0.3 is 4.90 Å². The van der Waals surface area contributed by atoms with E-state index in [1.165, 1.54) is 19.3 Å². The lowest BCUT2D eigenvalue weighted by atomic mass is 10.1. The predicted molar refractivity (Wildman–Crippen MR) is 64.6 cm³/mol. The summed E-state index contributed by atoms with van der Waals surface area (Å²) in [6.45, 7) is 1.11. The zero-order valence-electron chi connectivity index (χ0n) is 8.99. The molecule has 2 unspecified atom stereocenters. The maximum Gasteiger partial charge on any atom is 0.101 e. The summed E-state index contributed by atoms with van der Waals surface area (Å²) in [6, 6.07) is 8.53. The van der Waals surface area contributed by atoms with Crippen LogP contribution in [0.15, 0.2) is 18.2 Å². The highest BCUT2D eigenvalue weighted by Gasteiger charge is 2.38. The quantitative estimate of drug-likeness (QED) is 0.744. The Morgan fingerprint density at radius 1 is 1.38 bits per heavy atom. The van der Waals surface area contributed by atoms with E-state index in [0.29, 0.717) is 16.6 Å². The number of nitriles is 1. The fraction of sp³-hybridized carbons (Fsp3) is 0.462. The second-order valence-electron chi connectivity index (χ2n) is 4.76. The van der Waals surface area contributed by atoms with Gasteiger partial charge in [0.05, 0.1) is 11.3 Å². The monoisotopic (exact) mass is 232 g/mol. The molecule has 2 atom stereocenters. The Bertz CT molecular complexity index is 463. The van der Waals surface area contributed by atoms with E-state index in [9.17, 15) is 0 Å². The number of rotatable bonds is 1. The van der Waals surface area contributed by atoms with Gasteiger partial charge in [-0.05, 0) is 43.4 Å². The third kappa shape index (κ3) is 1.47. The first kappa shape index (κ1) is 9.99. The summed E-state index contributed by atoms with van der Waals surface area (Å²) < 4.78 is 0. The maximum atomic E-state index is 9.14. The minimum Gasteiger partial charge on any atom is -0.367 e. The topological polar surface area (TPSA) is 27.0 Å². The Hall–Kier alpha value is -1.20. The number of anilines is 1. The average Bonchev–Trinajstić information content (AvgIpc) is 2.90. The number of halogens is 1. The minimum atomic E-state index is 0.643. The SMILES string of the molecule is N#Cc1cc(Cl)ccc1N1CC2CCC1C2. The van der Waals surface area contributed by atoms with E-state index in [1.807, 2.05) is 12.1 Å². The summed E-state index contributed by atoms with van der Waals surface area (Å²) in [7, 11) is 0. The van der Waals surface area contributed by atoms with Gasteiger partial charge in [0.2, 0.25) is 0 Å². The number of benzene rings is 1. The zero-order chi connectivity index (χ0) is 11.1. The van der Waals surface area contributed by atoms with Crippen molar-refractivity contribution in [2.45, 2.75) is 25.3 Å². The average molecular weight is 233 g/mol. The first-order valence-electron chi connectivity index (χ1n) is 5.74. The molecule has 2 bridgehead atoms. The molecule has 3 heteroatoms. The van der Waals surface area contributed by atoms with Crippen LogP contribution in [0.5, 0.6) is 0 Å². The molecule has 1 saturated carbocycles. The number of fused-ring (bicyclic) bond motifs is 2. The summed E-state index contributed by atoms with van der Waals surface area (Å²) >= 11 is 5.91. The molecule has 0 N–H and O–H groups in total. The first-order valence-corrected chi connectivity index (χ1v) is 6.12. The Morgan fingerprint density at radius 2 is 2.25 bits per heavy atom. The van der Waals surface area contributed by atoms with Crippen molar-refractivity contribution in [2.24, 2.45) is 5.92 Å². The second-order valence-corrected chi connectivity index (χ2v) is 5.19. The van der Waals surface area contributed by atoms with Crippen LogP contribution in [0.1, 0.15) is 24.8 Å². The molecular formula is C13H13ClN2. The predicted octanol–water partition coefficient (Wildman–Crippen LogP) is 3.20. The van der Waals surface area contributed by atoms with Crippen LogP contribution >= 0.6 is 11.6 Å². The van der Waals surface area contributed by atoms with Crippen LogP contribution in [-0.2, 0) is 0 Å². The molecule has 2 nitrogen and oxygen atoms in total. The van der Waals surface area contributed by atoms with Crippen molar-refractivity contribution in [1.82, 2.24) is 0 Å². The molecule has 3 rings (SSSR count). The van der Waals surface area contributed by atoms with E-state index in [-0.39, 0.29) is 0 Å². The summed E-state index contributed by atoms with van der Waals surface area (Å²) in [5, 5.41) is 9.78. The molecule has 0 spiro atoms. The van der Waals surface area contributed by atoms with Crippen molar-refractivity contribution in [3.63, 3.8) is 0 Å². The molecule has 2 fully saturated rings. The van der Waals surface area contributed by atoms with Gasteiger partial charge in [-0.1, -0.05) is 11.6 Å². The van der Waals surface area contributed by atoms with Crippen molar-refractivity contribution in [2.75, 3.05) is 11.4 Å². The number of piperidine rings is 1. The molecule has 1 aliphatic carbocycles. The van der Waals surface area contributed by atoms with Gasteiger partial charge in [0, 0.05) is 17.6 Å². The lowest BCUT2D eigenvalue weighted by Crippen LogP contribution is -2.32. The van der Waals surface area contributed by atoms with Crippen LogP contribution in [0, 0.1) is 17.2 Å². The molecule has 0 radical (unpaired) electrons. The van der Waals surface area contributed by atoms with Crippen LogP contribution in [-0.4, -0.2) is 12.6 Å². The van der Waals surface area contributed by atoms with E-state index < -0.39 is 0 Å². The van der Waals surface area contributed by atoms with Gasteiger partial charge >= 0.3 is 0 Å². The summed E-state index contributed by atoms with van der Waals surface area (Å²) in [5.74, 6) is 0.840. The molecule has 1 saturated heterocycles. The second kappa shape index (κ2) is 3.68. The van der Waals surface area contributed by atoms with E-state index in [1.54, 1.807) is 6.07 Å². The fourth-order valence-electron chi connectivity index (χ4n) is 3.07. The molecule has 1 aromatic rings. The third-order valence-corrected chi connectivity index (χ3v) is 4.03. The Morgan fingerprint density at radius 3 is 2.88 bits per heavy atom. The van der Waals surface area contributed by atoms with Crippen LogP contribution in [0.4, 0.5) is 5.69 Å². The molecule has 82 valence electrons. The molecule has 0 aromatic heterocycles. The van der Waals surface area contributed by atoms with Crippen molar-refractivity contribution >= 4 is 17.3 Å². The molecular weight excluding hydrogens is 220 g/mol. The Balaban J connectivity index is 1.98. The standard InChI is InChI=1S/C13H13ClN2/c14-11-2-4-13(10(6-11)7-15)16-8-9-1-3-12(16)5-9/h2,4,6,9,12H,1,3,5,8H2. The Kier molecular flexibility index (Phi) is 2.29. The van der Waals surface area contributed by atoms with Crippen molar-refractivity contribution in [3.8, 4) is 6.07 Å². The van der Waals surface area contributed by atoms with Crippen molar-refractivity contribution in [1.29, 1.82) is 5.26 Å². The van der Waals surface area contributed by atoms with E-state index in [4.69, 9.17) is 16.9 Å². The lowest BCUT2D eigenvalue weighted by molar-refractivity contribution is 0.553. The van der Waals surface area contributed by atoms with Gasteiger partial charge in [0.1, 0.15) is 6.07 Å². The molecule has 1 aliphatic heterocycles. The summed E-state index contributed by atoms with van der Waals surface area (Å²) in [4.78, 5) is 2.39. The molecule has 16 heavy (non-hydrogen) atoms. The highest BCUT2D eigenvalue weighted by molar-refractivity contribution is 6.30. The zero-order valence-corrected chi connectivity index (χ0v) is 9.74. The van der Waals surface area contributed by atoms with Crippen molar-refractivity contribution in [3.05, 3.63) is 28.8 Å². The smallest absolute Gasteiger partial charge is 0.101 e. The summed E-state index contributed by atoms with van der Waals surface area (Å²) in [5.41, 5.74) is 1.78. The molecule has 1 heterocycles. The van der Waals surface area contributed by atoms with E-state index >= 15 is 0 Å². The van der Waals surface area contributed by atoms with Crippen LogP contribution in [0.25, 0.3) is 0 Å². The largest absolute Gasteiger partial charge is 0.367 e. The third-order valence-electron chi connectivity index (χ3n) is 3.80. The van der Waals surface area contributed by atoms with Crippen LogP contribution in [0.3, 0.4) is 0 Å². The molecule has 2 aliphatic rings. The number of nitrogens with zero attached hydrogens (tertiary/aromatic N) is 2. The highest BCUT2D eigenvalue weighted by atomic mass is 35.5. The van der Waals surface area contributed by atoms with Gasteiger partial charge in [-0.15, -0.1) is 0 Å². The number of hydrogen-bond acceptors (Lipinski definition) is 2. The van der Waals surface area contributed by atoms with Gasteiger partial charge in [-0.25, -0.2) is 0 Å². The van der Waals surface area contributed by atoms with Crippen molar-refractivity contribution < 1.29 is 0 Å². The Labute approximate surface area is 100 Å². The molecule has 0 amide bonds. The van der Waals surface area contributed by atoms with Crippen LogP contribution in [0.2, 0.25) is 5.02 Å². The summed E-state index contributed by atoms with van der Waals surface area (Å²) in [6.07, 6.45) is 3.93. The highest BCUT2D eigenvalue weighted by Crippen LogP contribution is 2.41. The van der Waals surface area contributed by atoms with Gasteiger partial charge in [0.15, 0.2) is 0 Å². The minimum absolute atomic E-state index is 0.643. The van der Waals surface area contributed by atoms with Crippen LogP contribution < -0.4 is 4.90 Å². The fourth-order valence-corrected chi connectivity index (χ4v) is 3.24. The van der Waals surface area contributed by atoms with E-state index in [0.717, 1.165) is 18.2 Å². The first-order chi connectivity index (χ1) is 7.78. The number of hydrogen-bond donors (Lipinski definition) is 0. The lowest BCUT2D eigenvalue weighted by Gasteiger charge is -2.29. The maximum absolute atomic E-state index is 9.14. The van der Waals surface area contributed by atoms with Gasteiger partial charge in [-0.3, -0.25) is 0 Å². The van der Waals surface area contributed by atoms with E-state index in [2.05, 4.69) is 11.0 Å². The normalized spacial score (nSPS) is 27.1. The molecule has 1 aromatic carbocycles. The van der Waals surface area contributed by atoms with Gasteiger partial charge in [-0.2, -0.15) is 5.26 Å². The van der Waals surface area contributed by atoms with Gasteiger partial charge in [0.25, 0.3) is 0 Å².